The number of cyclic esters (lactones) is 1. The third-order valence-corrected chi connectivity index (χ3v) is 13.2. The van der Waals surface area contributed by atoms with Gasteiger partial charge in [-0.1, -0.05) is 38.5 Å². The van der Waals surface area contributed by atoms with Crippen molar-refractivity contribution >= 4 is 23.4 Å². The zero-order chi connectivity index (χ0) is 42.9. The van der Waals surface area contributed by atoms with Crippen LogP contribution in [0, 0.1) is 29.6 Å². The predicted octanol–water partition coefficient (Wildman–Crippen LogP) is 3.80. The molecule has 2 unspecified atom stereocenters. The first-order chi connectivity index (χ1) is 27.5. The molecule has 0 spiro atoms. The molecule has 3 heterocycles. The third kappa shape index (κ3) is 11.6. The molecule has 2 saturated heterocycles. The molecule has 4 aliphatic rings. The van der Waals surface area contributed by atoms with Gasteiger partial charge < -0.3 is 49.6 Å². The van der Waals surface area contributed by atoms with Crippen molar-refractivity contribution in [3.8, 4) is 0 Å². The summed E-state index contributed by atoms with van der Waals surface area (Å²) in [6.07, 6.45) is 4.04. The van der Waals surface area contributed by atoms with Crippen molar-refractivity contribution in [1.29, 1.82) is 0 Å². The molecule has 0 aromatic carbocycles. The predicted molar refractivity (Wildman–Crippen MR) is 216 cm³/mol. The highest BCUT2D eigenvalue weighted by Crippen LogP contribution is 2.39. The smallest absolute Gasteiger partial charge is 0.329 e. The van der Waals surface area contributed by atoms with Crippen LogP contribution in [0.25, 0.3) is 0 Å². The first-order valence-corrected chi connectivity index (χ1v) is 21.5. The van der Waals surface area contributed by atoms with Crippen LogP contribution < -0.4 is 5.73 Å². The average Bonchev–Trinajstić information content (AvgIpc) is 3.20. The van der Waals surface area contributed by atoms with Crippen molar-refractivity contribution < 1.29 is 58.2 Å². The second kappa shape index (κ2) is 21.8. The van der Waals surface area contributed by atoms with Gasteiger partial charge in [-0.3, -0.25) is 14.4 Å². The van der Waals surface area contributed by atoms with E-state index in [1.807, 2.05) is 32.9 Å². The number of fused-ring (bicyclic) bond motifs is 3. The molecule has 14 nitrogen and oxygen atoms in total. The lowest BCUT2D eigenvalue weighted by molar-refractivity contribution is -0.302. The molecule has 3 aliphatic heterocycles. The van der Waals surface area contributed by atoms with Crippen LogP contribution >= 0.6 is 0 Å². The van der Waals surface area contributed by atoms with Gasteiger partial charge >= 0.3 is 5.97 Å². The summed E-state index contributed by atoms with van der Waals surface area (Å²) in [5.41, 5.74) is 7.51. The second-order valence-corrected chi connectivity index (χ2v) is 17.7. The van der Waals surface area contributed by atoms with Crippen LogP contribution in [0.4, 0.5) is 0 Å². The van der Waals surface area contributed by atoms with Gasteiger partial charge in [0.2, 0.25) is 5.79 Å². The number of aliphatic hydroxyl groups excluding tert-OH is 2. The fraction of sp³-hybridized carbons (Fsp3) is 0.818. The van der Waals surface area contributed by atoms with Gasteiger partial charge in [-0.15, -0.1) is 0 Å². The molecule has 5 N–H and O–H groups in total. The summed E-state index contributed by atoms with van der Waals surface area (Å²) in [7, 11) is 4.62. The van der Waals surface area contributed by atoms with E-state index in [0.717, 1.165) is 5.57 Å². The number of aliphatic hydroxyl groups is 3. The molecule has 0 aromatic rings. The van der Waals surface area contributed by atoms with Gasteiger partial charge in [-0.25, -0.2) is 4.79 Å². The average molecular weight is 821 g/mol. The number of esters is 1. The molecule has 14 atom stereocenters. The molecular formula is C44H72N2O12. The Morgan fingerprint density at radius 3 is 2.26 bits per heavy atom. The SMILES string of the molecule is CO[C@H]1C[C@@H](C)[C@@]2(O)OC1[C@H](OC)C[C@H](C)CC(C)=C[C@H](CCCN)C(=O)C[C@H](O)[C@@H](C)[C@@H](C(C)=CC1CC[C@@H](O)[C@H](OC)C1)OC(=O)[C@H]1CCCCN1C(=O)C2=O. The van der Waals surface area contributed by atoms with Gasteiger partial charge in [0.05, 0.1) is 30.5 Å². The molecule has 58 heavy (non-hydrogen) atoms. The lowest BCUT2D eigenvalue weighted by Gasteiger charge is -2.47. The molecule has 0 radical (unpaired) electrons. The molecule has 2 bridgehead atoms. The number of Topliss-reactive ketones (excluding diaryl/α,β-unsaturated/α-hetero) is 2. The monoisotopic (exact) mass is 821 g/mol. The van der Waals surface area contributed by atoms with Crippen molar-refractivity contribution in [2.75, 3.05) is 34.4 Å². The standard InChI is InChI=1S/C44H72N2O12/c1-25-18-26(2)20-37(55-7)40-38(56-8)22-28(4)44(53,58-40)41(50)42(51)46-17-10-9-13-32(46)43(52)57-39(27(3)21-30-14-15-33(47)36(23-30)54-6)29(5)34(48)24-35(49)31(19-25)12-11-16-45/h19,21,26,28-34,36-40,47-48,53H,9-18,20,22-24,45H2,1-8H3/t26-,28-,29-,30?,31+,32-,33-,34+,36-,37-,38+,39-,40?,44-/m1/s1. The van der Waals surface area contributed by atoms with Gasteiger partial charge in [0.15, 0.2) is 0 Å². The Hall–Kier alpha value is -2.56. The van der Waals surface area contributed by atoms with E-state index < -0.39 is 83.9 Å². The molecule has 3 fully saturated rings. The number of carbonyl (C=O) groups is 4. The maximum atomic E-state index is 14.3. The van der Waals surface area contributed by atoms with Crippen LogP contribution in [-0.4, -0.2) is 133 Å². The lowest BCUT2D eigenvalue weighted by atomic mass is 9.81. The minimum Gasteiger partial charge on any atom is -0.456 e. The van der Waals surface area contributed by atoms with E-state index in [1.54, 1.807) is 21.0 Å². The summed E-state index contributed by atoms with van der Waals surface area (Å²) >= 11 is 0. The summed E-state index contributed by atoms with van der Waals surface area (Å²) in [6.45, 7) is 9.69. The number of hydrogen-bond donors (Lipinski definition) is 4. The van der Waals surface area contributed by atoms with E-state index in [4.69, 9.17) is 29.4 Å². The molecular weight excluding hydrogens is 748 g/mol. The minimum absolute atomic E-state index is 0.0106. The summed E-state index contributed by atoms with van der Waals surface area (Å²) in [4.78, 5) is 58.0. The van der Waals surface area contributed by atoms with Crippen molar-refractivity contribution in [2.45, 2.75) is 166 Å². The fourth-order valence-electron chi connectivity index (χ4n) is 9.63. The summed E-state index contributed by atoms with van der Waals surface area (Å²) in [6, 6.07) is -1.14. The number of ketones is 2. The number of carbonyl (C=O) groups excluding carboxylic acids is 4. The normalized spacial score (nSPS) is 39.7. The van der Waals surface area contributed by atoms with Crippen molar-refractivity contribution in [2.24, 2.45) is 35.3 Å². The Bertz CT molecular complexity index is 1470. The lowest BCUT2D eigenvalue weighted by Crippen LogP contribution is -2.64. The number of allylic oxidation sites excluding steroid dienone is 3. The van der Waals surface area contributed by atoms with Crippen LogP contribution in [0.1, 0.15) is 112 Å². The Morgan fingerprint density at radius 2 is 1.60 bits per heavy atom. The summed E-state index contributed by atoms with van der Waals surface area (Å²) < 4.78 is 29.8. The Labute approximate surface area is 345 Å². The quantitative estimate of drug-likeness (QED) is 0.157. The van der Waals surface area contributed by atoms with Crippen LogP contribution in [0.15, 0.2) is 23.3 Å². The maximum Gasteiger partial charge on any atom is 0.329 e. The Balaban J connectivity index is 1.78. The molecule has 0 aromatic heterocycles. The number of nitrogens with zero attached hydrogens (tertiary/aromatic N) is 1. The first-order valence-electron chi connectivity index (χ1n) is 21.5. The van der Waals surface area contributed by atoms with Crippen molar-refractivity contribution in [3.05, 3.63) is 23.3 Å². The molecule has 14 heteroatoms. The van der Waals surface area contributed by atoms with Crippen molar-refractivity contribution in [3.63, 3.8) is 0 Å². The van der Waals surface area contributed by atoms with Crippen LogP contribution in [0.5, 0.6) is 0 Å². The number of ether oxygens (including phenoxy) is 5. The van der Waals surface area contributed by atoms with Gasteiger partial charge in [0.25, 0.3) is 11.7 Å². The van der Waals surface area contributed by atoms with Gasteiger partial charge in [-0.2, -0.15) is 0 Å². The number of rotatable bonds is 8. The van der Waals surface area contributed by atoms with Crippen molar-refractivity contribution in [1.82, 2.24) is 4.90 Å². The number of amides is 1. The van der Waals surface area contributed by atoms with E-state index in [0.29, 0.717) is 69.9 Å². The van der Waals surface area contributed by atoms with Crippen LogP contribution in [-0.2, 0) is 42.9 Å². The van der Waals surface area contributed by atoms with E-state index in [9.17, 15) is 34.5 Å². The fourth-order valence-corrected chi connectivity index (χ4v) is 9.63. The molecule has 330 valence electrons. The number of nitrogens with two attached hydrogens (primary N) is 1. The zero-order valence-electron chi connectivity index (χ0n) is 36.1. The minimum atomic E-state index is -2.51. The topological polar surface area (TPSA) is 204 Å². The maximum absolute atomic E-state index is 14.3. The largest absolute Gasteiger partial charge is 0.456 e. The first kappa shape index (κ1) is 48.1. The zero-order valence-corrected chi connectivity index (χ0v) is 36.1. The molecule has 1 aliphatic carbocycles. The van der Waals surface area contributed by atoms with Crippen LogP contribution in [0.2, 0.25) is 0 Å². The van der Waals surface area contributed by atoms with Gasteiger partial charge in [-0.05, 0) is 108 Å². The Kier molecular flexibility index (Phi) is 18.1. The highest BCUT2D eigenvalue weighted by Gasteiger charge is 2.56. The van der Waals surface area contributed by atoms with E-state index in [2.05, 4.69) is 0 Å². The molecule has 1 saturated carbocycles. The number of hydrogen-bond acceptors (Lipinski definition) is 13. The second-order valence-electron chi connectivity index (χ2n) is 17.7. The summed E-state index contributed by atoms with van der Waals surface area (Å²) in [5.74, 6) is -7.69. The van der Waals surface area contributed by atoms with Gasteiger partial charge in [0, 0.05) is 52.0 Å². The highest BCUT2D eigenvalue weighted by molar-refractivity contribution is 6.39. The van der Waals surface area contributed by atoms with E-state index >= 15 is 0 Å². The van der Waals surface area contributed by atoms with Crippen LogP contribution in [0.3, 0.4) is 0 Å². The number of methoxy groups -OCH3 is 3. The molecule has 1 amide bonds. The molecule has 4 rings (SSSR count). The van der Waals surface area contributed by atoms with E-state index in [1.165, 1.54) is 19.1 Å². The summed E-state index contributed by atoms with van der Waals surface area (Å²) in [5, 5.41) is 34.2. The third-order valence-electron chi connectivity index (χ3n) is 13.2. The Morgan fingerprint density at radius 1 is 0.931 bits per heavy atom. The van der Waals surface area contributed by atoms with E-state index in [-0.39, 0.29) is 49.5 Å². The number of piperidine rings is 1. The van der Waals surface area contributed by atoms with Gasteiger partial charge in [0.1, 0.15) is 24.0 Å². The highest BCUT2D eigenvalue weighted by atomic mass is 16.7.